The van der Waals surface area contributed by atoms with Gasteiger partial charge >= 0.3 is 0 Å². The lowest BCUT2D eigenvalue weighted by Crippen LogP contribution is -2.01. The Morgan fingerprint density at radius 1 is 1.23 bits per heavy atom. The van der Waals surface area contributed by atoms with Gasteiger partial charge in [0.15, 0.2) is 5.82 Å². The lowest BCUT2D eigenvalue weighted by molar-refractivity contribution is 0.306. The van der Waals surface area contributed by atoms with Gasteiger partial charge in [-0.3, -0.25) is 5.10 Å². The number of hydrogen-bond donors (Lipinski definition) is 1. The first-order valence-corrected chi connectivity index (χ1v) is 9.13. The van der Waals surface area contributed by atoms with Crippen LogP contribution >= 0.6 is 23.8 Å². The fraction of sp³-hybridized carbons (Fsp3) is 0.211. The molecule has 3 rings (SSSR count). The lowest BCUT2D eigenvalue weighted by atomic mass is 10.2. The van der Waals surface area contributed by atoms with E-state index in [9.17, 15) is 0 Å². The van der Waals surface area contributed by atoms with Crippen molar-refractivity contribution in [1.82, 2.24) is 14.9 Å². The number of para-hydroxylation sites is 1. The van der Waals surface area contributed by atoms with Crippen LogP contribution in [0.4, 0.5) is 0 Å². The van der Waals surface area contributed by atoms with Crippen LogP contribution in [0, 0.1) is 4.77 Å². The van der Waals surface area contributed by atoms with Crippen LogP contribution in [0.3, 0.4) is 0 Å². The highest BCUT2D eigenvalue weighted by atomic mass is 35.5. The molecule has 0 saturated heterocycles. The van der Waals surface area contributed by atoms with Gasteiger partial charge in [0.1, 0.15) is 12.4 Å². The van der Waals surface area contributed by atoms with Crippen LogP contribution < -0.4 is 4.74 Å². The van der Waals surface area contributed by atoms with Crippen LogP contribution in [0.5, 0.6) is 5.75 Å². The number of benzene rings is 2. The van der Waals surface area contributed by atoms with Crippen LogP contribution in [0.2, 0.25) is 5.02 Å². The number of hydrogen-bond acceptors (Lipinski definition) is 4. The van der Waals surface area contributed by atoms with Gasteiger partial charge in [0, 0.05) is 17.0 Å². The smallest absolute Gasteiger partial charge is 0.216 e. The van der Waals surface area contributed by atoms with Crippen molar-refractivity contribution < 1.29 is 4.74 Å². The number of ether oxygens (including phenoxy) is 1. The van der Waals surface area contributed by atoms with E-state index in [1.54, 1.807) is 10.9 Å². The van der Waals surface area contributed by atoms with E-state index in [1.807, 2.05) is 48.5 Å². The van der Waals surface area contributed by atoms with Gasteiger partial charge in [0.25, 0.3) is 0 Å². The van der Waals surface area contributed by atoms with Gasteiger partial charge in [-0.2, -0.15) is 14.9 Å². The zero-order valence-electron chi connectivity index (χ0n) is 14.4. The standard InChI is InChI=1S/C19H19ClN4OS/c1-2-5-18-22-23-19(26)24(18)21-12-15-6-3-4-7-17(15)25-13-14-8-10-16(20)11-9-14/h3-4,6-12H,2,5,13H2,1H3,(H,23,26). The third-order valence-corrected chi connectivity index (χ3v) is 4.25. The second-order valence-corrected chi connectivity index (χ2v) is 6.53. The molecular formula is C19H19ClN4OS. The van der Waals surface area contributed by atoms with Crippen molar-refractivity contribution in [3.8, 4) is 5.75 Å². The van der Waals surface area contributed by atoms with E-state index >= 15 is 0 Å². The maximum absolute atomic E-state index is 5.95. The third kappa shape index (κ3) is 4.59. The van der Waals surface area contributed by atoms with Crippen molar-refractivity contribution in [1.29, 1.82) is 0 Å². The summed E-state index contributed by atoms with van der Waals surface area (Å²) in [5, 5.41) is 12.2. The molecule has 7 heteroatoms. The number of aromatic nitrogens is 3. The third-order valence-electron chi connectivity index (χ3n) is 3.73. The molecule has 0 bridgehead atoms. The Bertz CT molecular complexity index is 947. The highest BCUT2D eigenvalue weighted by Crippen LogP contribution is 2.18. The summed E-state index contributed by atoms with van der Waals surface area (Å²) >= 11 is 11.2. The van der Waals surface area contributed by atoms with E-state index in [0.29, 0.717) is 16.4 Å². The van der Waals surface area contributed by atoms with Gasteiger partial charge in [-0.25, -0.2) is 0 Å². The summed E-state index contributed by atoms with van der Waals surface area (Å²) in [6.45, 7) is 2.54. The molecule has 1 N–H and O–H groups in total. The zero-order chi connectivity index (χ0) is 18.4. The summed E-state index contributed by atoms with van der Waals surface area (Å²) in [5.74, 6) is 1.56. The van der Waals surface area contributed by atoms with E-state index < -0.39 is 0 Å². The molecule has 0 saturated carbocycles. The highest BCUT2D eigenvalue weighted by molar-refractivity contribution is 7.71. The minimum atomic E-state index is 0.453. The van der Waals surface area contributed by atoms with Crippen LogP contribution in [0.15, 0.2) is 53.6 Å². The maximum Gasteiger partial charge on any atom is 0.216 e. The van der Waals surface area contributed by atoms with Crippen molar-refractivity contribution in [2.45, 2.75) is 26.4 Å². The normalized spacial score (nSPS) is 11.2. The van der Waals surface area contributed by atoms with Crippen LogP contribution in [-0.2, 0) is 13.0 Å². The Labute approximate surface area is 162 Å². The molecule has 0 amide bonds. The number of aryl methyl sites for hydroxylation is 1. The highest BCUT2D eigenvalue weighted by Gasteiger charge is 2.05. The van der Waals surface area contributed by atoms with E-state index in [4.69, 9.17) is 28.6 Å². The van der Waals surface area contributed by atoms with E-state index in [-0.39, 0.29) is 0 Å². The first-order chi connectivity index (χ1) is 12.7. The number of halogens is 1. The molecule has 134 valence electrons. The average molecular weight is 387 g/mol. The first-order valence-electron chi connectivity index (χ1n) is 8.34. The second kappa shape index (κ2) is 8.78. The molecule has 2 aromatic carbocycles. The van der Waals surface area contributed by atoms with E-state index in [0.717, 1.165) is 35.5 Å². The molecule has 0 unspecified atom stereocenters. The molecular weight excluding hydrogens is 368 g/mol. The van der Waals surface area contributed by atoms with Crippen LogP contribution in [0.1, 0.15) is 30.3 Å². The molecule has 0 aliphatic heterocycles. The topological polar surface area (TPSA) is 55.2 Å². The van der Waals surface area contributed by atoms with Crippen molar-refractivity contribution in [3.05, 3.63) is 75.3 Å². The van der Waals surface area contributed by atoms with Crippen LogP contribution in [0.25, 0.3) is 0 Å². The van der Waals surface area contributed by atoms with Gasteiger partial charge in [0.05, 0.1) is 6.21 Å². The van der Waals surface area contributed by atoms with Crippen molar-refractivity contribution in [2.75, 3.05) is 0 Å². The minimum absolute atomic E-state index is 0.453. The van der Waals surface area contributed by atoms with Gasteiger partial charge in [0.2, 0.25) is 4.77 Å². The first kappa shape index (κ1) is 18.4. The molecule has 3 aromatic rings. The molecule has 26 heavy (non-hydrogen) atoms. The minimum Gasteiger partial charge on any atom is -0.488 e. The molecule has 0 aliphatic carbocycles. The molecule has 0 fully saturated rings. The van der Waals surface area contributed by atoms with Crippen molar-refractivity contribution in [2.24, 2.45) is 5.10 Å². The Morgan fingerprint density at radius 2 is 2.00 bits per heavy atom. The van der Waals surface area contributed by atoms with E-state index in [2.05, 4.69) is 22.2 Å². The predicted molar refractivity (Wildman–Crippen MR) is 107 cm³/mol. The quantitative estimate of drug-likeness (QED) is 0.458. The van der Waals surface area contributed by atoms with Crippen molar-refractivity contribution >= 4 is 30.0 Å². The molecule has 0 radical (unpaired) electrons. The molecule has 0 aliphatic rings. The number of aromatic amines is 1. The number of rotatable bonds is 7. The number of nitrogens with zero attached hydrogens (tertiary/aromatic N) is 3. The lowest BCUT2D eigenvalue weighted by Gasteiger charge is -2.09. The maximum atomic E-state index is 5.95. The fourth-order valence-corrected chi connectivity index (χ4v) is 2.73. The summed E-state index contributed by atoms with van der Waals surface area (Å²) < 4.78 is 8.07. The Hall–Kier alpha value is -2.44. The summed E-state index contributed by atoms with van der Waals surface area (Å²) in [6.07, 6.45) is 3.51. The average Bonchev–Trinajstić information content (AvgIpc) is 3.00. The molecule has 1 aromatic heterocycles. The number of nitrogens with one attached hydrogen (secondary N) is 1. The second-order valence-electron chi connectivity index (χ2n) is 5.70. The predicted octanol–water partition coefficient (Wildman–Crippen LogP) is 5.01. The van der Waals surface area contributed by atoms with Gasteiger partial charge < -0.3 is 4.74 Å². The summed E-state index contributed by atoms with van der Waals surface area (Å²) in [6, 6.07) is 15.3. The molecule has 0 spiro atoms. The number of H-pyrrole nitrogens is 1. The van der Waals surface area contributed by atoms with Gasteiger partial charge in [-0.05, 0) is 48.5 Å². The van der Waals surface area contributed by atoms with Crippen LogP contribution in [-0.4, -0.2) is 21.1 Å². The summed E-state index contributed by atoms with van der Waals surface area (Å²) in [7, 11) is 0. The van der Waals surface area contributed by atoms with Crippen molar-refractivity contribution in [3.63, 3.8) is 0 Å². The van der Waals surface area contributed by atoms with E-state index in [1.165, 1.54) is 0 Å². The largest absolute Gasteiger partial charge is 0.488 e. The Morgan fingerprint density at radius 3 is 2.77 bits per heavy atom. The molecule has 0 atom stereocenters. The molecule has 5 nitrogen and oxygen atoms in total. The Balaban J connectivity index is 1.78. The van der Waals surface area contributed by atoms with Gasteiger partial charge in [-0.1, -0.05) is 42.8 Å². The monoisotopic (exact) mass is 386 g/mol. The summed E-state index contributed by atoms with van der Waals surface area (Å²) in [4.78, 5) is 0. The fourth-order valence-electron chi connectivity index (χ4n) is 2.41. The molecule has 1 heterocycles. The SMILES string of the molecule is CCCc1n[nH]c(=S)n1N=Cc1ccccc1OCc1ccc(Cl)cc1. The summed E-state index contributed by atoms with van der Waals surface area (Å²) in [5.41, 5.74) is 1.91. The van der Waals surface area contributed by atoms with Gasteiger partial charge in [-0.15, -0.1) is 0 Å². The zero-order valence-corrected chi connectivity index (χ0v) is 15.9. The Kier molecular flexibility index (Phi) is 6.20.